The molecule has 2 fully saturated rings. The summed E-state index contributed by atoms with van der Waals surface area (Å²) in [6, 6.07) is 15.7. The molecule has 4 rings (SSSR count). The van der Waals surface area contributed by atoms with Gasteiger partial charge < -0.3 is 19.9 Å². The fraction of sp³-hybridized carbons (Fsp3) is 0.417. The number of hydrogen-bond acceptors (Lipinski definition) is 4. The summed E-state index contributed by atoms with van der Waals surface area (Å²) in [4.78, 5) is 28.9. The number of likely N-dealkylation sites (tertiary alicyclic amines) is 1. The molecule has 2 aliphatic heterocycles. The lowest BCUT2D eigenvalue weighted by Crippen LogP contribution is -2.48. The smallest absolute Gasteiger partial charge is 0.251 e. The van der Waals surface area contributed by atoms with Crippen molar-refractivity contribution in [3.63, 3.8) is 0 Å². The number of carbonyl (C=O) groups is 2. The van der Waals surface area contributed by atoms with Crippen molar-refractivity contribution < 1.29 is 14.3 Å². The van der Waals surface area contributed by atoms with E-state index in [2.05, 4.69) is 16.3 Å². The highest BCUT2D eigenvalue weighted by molar-refractivity contribution is 5.94. The molecule has 2 aromatic carbocycles. The van der Waals surface area contributed by atoms with Crippen LogP contribution in [0.2, 0.25) is 0 Å². The standard InChI is InChI=1S/C24H29N3O3/c1-30-22-11-3-2-10-21(22)26-13-5-9-20(17-26)25-24(29)19-8-4-7-18(15-19)16-27-14-6-12-23(27)28/h2-4,7-8,10-11,15,20H,5-6,9,12-14,16-17H2,1H3,(H,25,29). The summed E-state index contributed by atoms with van der Waals surface area (Å²) in [5, 5.41) is 3.20. The minimum Gasteiger partial charge on any atom is -0.495 e. The minimum atomic E-state index is -0.0588. The molecule has 1 atom stereocenters. The summed E-state index contributed by atoms with van der Waals surface area (Å²) >= 11 is 0. The van der Waals surface area contributed by atoms with E-state index in [0.717, 1.165) is 55.9 Å². The van der Waals surface area contributed by atoms with Gasteiger partial charge in [-0.15, -0.1) is 0 Å². The molecule has 0 saturated carbocycles. The first kappa shape index (κ1) is 20.3. The number of nitrogens with one attached hydrogen (secondary N) is 1. The lowest BCUT2D eigenvalue weighted by molar-refractivity contribution is -0.128. The number of nitrogens with zero attached hydrogens (tertiary/aromatic N) is 2. The summed E-state index contributed by atoms with van der Waals surface area (Å²) in [5.41, 5.74) is 2.71. The lowest BCUT2D eigenvalue weighted by Gasteiger charge is -2.35. The number of carbonyl (C=O) groups excluding carboxylic acids is 2. The Morgan fingerprint density at radius 1 is 1.13 bits per heavy atom. The number of methoxy groups -OCH3 is 1. The first-order chi connectivity index (χ1) is 14.6. The molecule has 2 saturated heterocycles. The molecule has 0 aromatic heterocycles. The SMILES string of the molecule is COc1ccccc1N1CCCC(NC(=O)c2cccc(CN3CCCC3=O)c2)C1. The summed E-state index contributed by atoms with van der Waals surface area (Å²) in [5.74, 6) is 0.994. The van der Waals surface area contributed by atoms with Crippen LogP contribution in [0.15, 0.2) is 48.5 Å². The van der Waals surface area contributed by atoms with Gasteiger partial charge in [-0.3, -0.25) is 9.59 Å². The zero-order valence-corrected chi connectivity index (χ0v) is 17.5. The maximum absolute atomic E-state index is 12.9. The van der Waals surface area contributed by atoms with Gasteiger partial charge in [0.2, 0.25) is 5.91 Å². The maximum Gasteiger partial charge on any atom is 0.251 e. The topological polar surface area (TPSA) is 61.9 Å². The van der Waals surface area contributed by atoms with Crippen molar-refractivity contribution in [3.05, 3.63) is 59.7 Å². The average Bonchev–Trinajstić information content (AvgIpc) is 3.18. The van der Waals surface area contributed by atoms with Gasteiger partial charge >= 0.3 is 0 Å². The van der Waals surface area contributed by atoms with Crippen molar-refractivity contribution in [1.82, 2.24) is 10.2 Å². The van der Waals surface area contributed by atoms with Crippen LogP contribution in [0.3, 0.4) is 0 Å². The first-order valence-corrected chi connectivity index (χ1v) is 10.7. The van der Waals surface area contributed by atoms with Gasteiger partial charge in [-0.05, 0) is 49.1 Å². The van der Waals surface area contributed by atoms with Crippen molar-refractivity contribution in [1.29, 1.82) is 0 Å². The Morgan fingerprint density at radius 3 is 2.80 bits per heavy atom. The van der Waals surface area contributed by atoms with Crippen molar-refractivity contribution in [3.8, 4) is 5.75 Å². The average molecular weight is 408 g/mol. The Bertz CT molecular complexity index is 914. The molecular weight excluding hydrogens is 378 g/mol. The Kier molecular flexibility index (Phi) is 6.21. The van der Waals surface area contributed by atoms with Crippen LogP contribution in [0.25, 0.3) is 0 Å². The second-order valence-corrected chi connectivity index (χ2v) is 8.05. The molecule has 6 nitrogen and oxygen atoms in total. The molecule has 1 unspecified atom stereocenters. The Morgan fingerprint density at radius 2 is 2.00 bits per heavy atom. The van der Waals surface area contributed by atoms with E-state index in [0.29, 0.717) is 18.5 Å². The number of rotatable bonds is 6. The number of para-hydroxylation sites is 2. The van der Waals surface area contributed by atoms with Crippen molar-refractivity contribution in [2.24, 2.45) is 0 Å². The predicted octanol–water partition coefficient (Wildman–Crippen LogP) is 3.22. The highest BCUT2D eigenvalue weighted by Gasteiger charge is 2.24. The second-order valence-electron chi connectivity index (χ2n) is 8.05. The first-order valence-electron chi connectivity index (χ1n) is 10.7. The monoisotopic (exact) mass is 407 g/mol. The quantitative estimate of drug-likeness (QED) is 0.799. The Balaban J connectivity index is 1.40. The van der Waals surface area contributed by atoms with Crippen LogP contribution in [0.5, 0.6) is 5.75 Å². The third-order valence-electron chi connectivity index (χ3n) is 5.92. The molecule has 6 heteroatoms. The van der Waals surface area contributed by atoms with Gasteiger partial charge in [0, 0.05) is 44.2 Å². The van der Waals surface area contributed by atoms with E-state index in [4.69, 9.17) is 4.74 Å². The highest BCUT2D eigenvalue weighted by atomic mass is 16.5. The molecule has 1 N–H and O–H groups in total. The molecule has 0 spiro atoms. The molecule has 0 bridgehead atoms. The molecule has 0 aliphatic carbocycles. The van der Waals surface area contributed by atoms with E-state index in [-0.39, 0.29) is 17.9 Å². The van der Waals surface area contributed by atoms with Crippen molar-refractivity contribution in [2.45, 2.75) is 38.3 Å². The largest absolute Gasteiger partial charge is 0.495 e. The van der Waals surface area contributed by atoms with Gasteiger partial charge in [0.25, 0.3) is 5.91 Å². The number of anilines is 1. The number of hydrogen-bond donors (Lipinski definition) is 1. The summed E-state index contributed by atoms with van der Waals surface area (Å²) < 4.78 is 5.50. The van der Waals surface area contributed by atoms with Gasteiger partial charge in [0.1, 0.15) is 5.75 Å². The van der Waals surface area contributed by atoms with E-state index in [1.807, 2.05) is 47.4 Å². The molecule has 2 aliphatic rings. The zero-order chi connectivity index (χ0) is 20.9. The second kappa shape index (κ2) is 9.20. The van der Waals surface area contributed by atoms with Gasteiger partial charge in [-0.2, -0.15) is 0 Å². The Labute approximate surface area is 177 Å². The summed E-state index contributed by atoms with van der Waals surface area (Å²) in [6.45, 7) is 3.08. The number of amides is 2. The highest BCUT2D eigenvalue weighted by Crippen LogP contribution is 2.30. The van der Waals surface area contributed by atoms with Crippen LogP contribution in [-0.4, -0.2) is 49.5 Å². The zero-order valence-electron chi connectivity index (χ0n) is 17.5. The number of piperidine rings is 1. The number of ether oxygens (including phenoxy) is 1. The third kappa shape index (κ3) is 4.58. The van der Waals surface area contributed by atoms with E-state index in [1.165, 1.54) is 0 Å². The van der Waals surface area contributed by atoms with Crippen LogP contribution in [0, 0.1) is 0 Å². The van der Waals surface area contributed by atoms with E-state index >= 15 is 0 Å². The van der Waals surface area contributed by atoms with Crippen LogP contribution in [0.4, 0.5) is 5.69 Å². The lowest BCUT2D eigenvalue weighted by atomic mass is 10.0. The van der Waals surface area contributed by atoms with Gasteiger partial charge in [0.05, 0.1) is 12.8 Å². The van der Waals surface area contributed by atoms with Gasteiger partial charge in [-0.25, -0.2) is 0 Å². The fourth-order valence-electron chi connectivity index (χ4n) is 4.38. The molecule has 2 aromatic rings. The molecule has 2 amide bonds. The van der Waals surface area contributed by atoms with Crippen LogP contribution in [-0.2, 0) is 11.3 Å². The third-order valence-corrected chi connectivity index (χ3v) is 5.92. The van der Waals surface area contributed by atoms with Crippen molar-refractivity contribution >= 4 is 17.5 Å². The van der Waals surface area contributed by atoms with E-state index < -0.39 is 0 Å². The van der Waals surface area contributed by atoms with E-state index in [9.17, 15) is 9.59 Å². The minimum absolute atomic E-state index is 0.0588. The maximum atomic E-state index is 12.9. The van der Waals surface area contributed by atoms with Crippen molar-refractivity contribution in [2.75, 3.05) is 31.6 Å². The van der Waals surface area contributed by atoms with Crippen LogP contribution in [0.1, 0.15) is 41.6 Å². The molecule has 0 radical (unpaired) electrons. The molecule has 30 heavy (non-hydrogen) atoms. The Hall–Kier alpha value is -3.02. The predicted molar refractivity (Wildman–Crippen MR) is 117 cm³/mol. The summed E-state index contributed by atoms with van der Waals surface area (Å²) in [7, 11) is 1.69. The van der Waals surface area contributed by atoms with Crippen LogP contribution >= 0.6 is 0 Å². The fourth-order valence-corrected chi connectivity index (χ4v) is 4.38. The van der Waals surface area contributed by atoms with Crippen LogP contribution < -0.4 is 15.0 Å². The number of benzene rings is 2. The van der Waals surface area contributed by atoms with Gasteiger partial charge in [-0.1, -0.05) is 24.3 Å². The van der Waals surface area contributed by atoms with E-state index in [1.54, 1.807) is 7.11 Å². The molecule has 158 valence electrons. The normalized spacial score (nSPS) is 19.1. The molecular formula is C24H29N3O3. The molecule has 2 heterocycles. The van der Waals surface area contributed by atoms with Gasteiger partial charge in [0.15, 0.2) is 0 Å². The summed E-state index contributed by atoms with van der Waals surface area (Å²) in [6.07, 6.45) is 3.52.